The van der Waals surface area contributed by atoms with Crippen LogP contribution in [0.1, 0.15) is 24.8 Å². The van der Waals surface area contributed by atoms with Gasteiger partial charge in [0.2, 0.25) is 0 Å². The molecule has 0 heterocycles. The monoisotopic (exact) mass is 283 g/mol. The largest absolute Gasteiger partial charge is 0.394 e. The van der Waals surface area contributed by atoms with Crippen molar-refractivity contribution in [3.05, 3.63) is 29.8 Å². The Kier molecular flexibility index (Phi) is 3.87. The lowest BCUT2D eigenvalue weighted by Crippen LogP contribution is -2.51. The second-order valence-electron chi connectivity index (χ2n) is 5.52. The van der Waals surface area contributed by atoms with E-state index in [0.29, 0.717) is 12.8 Å². The van der Waals surface area contributed by atoms with Gasteiger partial charge in [0.25, 0.3) is 0 Å². The molecule has 0 spiro atoms. The zero-order chi connectivity index (χ0) is 14.1. The third kappa shape index (κ3) is 2.92. The van der Waals surface area contributed by atoms with Gasteiger partial charge in [-0.1, -0.05) is 12.1 Å². The highest BCUT2D eigenvalue weighted by molar-refractivity contribution is 7.91. The number of aliphatic hydroxyl groups is 1. The number of aliphatic hydroxyl groups excluding tert-OH is 1. The summed E-state index contributed by atoms with van der Waals surface area (Å²) >= 11 is 0. The summed E-state index contributed by atoms with van der Waals surface area (Å²) in [7, 11) is -3.17. The van der Waals surface area contributed by atoms with Crippen molar-refractivity contribution in [2.24, 2.45) is 0 Å². The maximum absolute atomic E-state index is 11.9. The Balaban J connectivity index is 2.33. The number of sulfone groups is 1. The first-order valence-corrected chi connectivity index (χ1v) is 8.47. The minimum atomic E-state index is -3.17. The molecule has 1 fully saturated rings. The Hall–Kier alpha value is -1.07. The molecule has 0 saturated heterocycles. The molecule has 5 heteroatoms. The Morgan fingerprint density at radius 2 is 2.21 bits per heavy atom. The van der Waals surface area contributed by atoms with E-state index in [1.165, 1.54) is 6.26 Å². The van der Waals surface area contributed by atoms with Crippen LogP contribution in [0.2, 0.25) is 0 Å². The molecule has 2 N–H and O–H groups in total. The van der Waals surface area contributed by atoms with Gasteiger partial charge in [0.15, 0.2) is 9.84 Å². The molecule has 0 aliphatic heterocycles. The van der Waals surface area contributed by atoms with Crippen LogP contribution in [-0.4, -0.2) is 37.2 Å². The number of hydrogen-bond donors (Lipinski definition) is 2. The Labute approximate surface area is 114 Å². The number of nitrogens with one attached hydrogen (secondary N) is 1. The van der Waals surface area contributed by atoms with Gasteiger partial charge in [-0.25, -0.2) is 8.42 Å². The molecule has 2 unspecified atom stereocenters. The summed E-state index contributed by atoms with van der Waals surface area (Å²) in [6, 6.07) is 7.78. The Bertz CT molecular complexity index is 556. The van der Waals surface area contributed by atoms with Gasteiger partial charge in [0, 0.05) is 11.9 Å². The fraction of sp³-hybridized carbons (Fsp3) is 0.571. The molecule has 1 aliphatic carbocycles. The van der Waals surface area contributed by atoms with Crippen LogP contribution in [-0.2, 0) is 9.84 Å². The summed E-state index contributed by atoms with van der Waals surface area (Å²) in [4.78, 5) is 0. The molecule has 0 radical (unpaired) electrons. The lowest BCUT2D eigenvalue weighted by atomic mass is 9.97. The van der Waals surface area contributed by atoms with Gasteiger partial charge >= 0.3 is 0 Å². The van der Waals surface area contributed by atoms with E-state index in [9.17, 15) is 13.5 Å². The molecule has 0 aromatic heterocycles. The molecule has 106 valence electrons. The fourth-order valence-electron chi connectivity index (χ4n) is 3.04. The minimum Gasteiger partial charge on any atom is -0.394 e. The lowest BCUT2D eigenvalue weighted by molar-refractivity contribution is 0.215. The molecule has 0 bridgehead atoms. The number of anilines is 1. The smallest absolute Gasteiger partial charge is 0.152 e. The predicted molar refractivity (Wildman–Crippen MR) is 77.1 cm³/mol. The molecule has 1 aromatic rings. The van der Waals surface area contributed by atoms with Gasteiger partial charge < -0.3 is 10.4 Å². The Morgan fingerprint density at radius 1 is 1.47 bits per heavy atom. The molecule has 19 heavy (non-hydrogen) atoms. The standard InChI is InChI=1S/C14H21NO3S/c1-11-5-3-6-12(9-11)15-14(10-16)8-4-7-13(14)19(2,17)18/h3,5-6,9,13,15-16H,4,7-8,10H2,1-2H3. The zero-order valence-corrected chi connectivity index (χ0v) is 12.2. The van der Waals surface area contributed by atoms with Crippen LogP contribution in [0.15, 0.2) is 24.3 Å². The highest BCUT2D eigenvalue weighted by Gasteiger charge is 2.47. The zero-order valence-electron chi connectivity index (χ0n) is 11.4. The molecule has 1 aromatic carbocycles. The molecule has 1 saturated carbocycles. The van der Waals surface area contributed by atoms with Crippen molar-refractivity contribution in [1.82, 2.24) is 0 Å². The van der Waals surface area contributed by atoms with Crippen LogP contribution in [0.3, 0.4) is 0 Å². The number of hydrogen-bond acceptors (Lipinski definition) is 4. The van der Waals surface area contributed by atoms with Crippen molar-refractivity contribution in [1.29, 1.82) is 0 Å². The van der Waals surface area contributed by atoms with Gasteiger partial charge in [-0.15, -0.1) is 0 Å². The van der Waals surface area contributed by atoms with E-state index in [1.54, 1.807) is 0 Å². The number of rotatable bonds is 4. The van der Waals surface area contributed by atoms with Crippen molar-refractivity contribution < 1.29 is 13.5 Å². The third-order valence-electron chi connectivity index (χ3n) is 3.92. The van der Waals surface area contributed by atoms with Gasteiger partial charge in [-0.05, 0) is 43.9 Å². The second-order valence-corrected chi connectivity index (χ2v) is 7.75. The quantitative estimate of drug-likeness (QED) is 0.883. The van der Waals surface area contributed by atoms with E-state index in [-0.39, 0.29) is 6.61 Å². The van der Waals surface area contributed by atoms with Crippen molar-refractivity contribution in [3.63, 3.8) is 0 Å². The first-order valence-electron chi connectivity index (χ1n) is 6.52. The van der Waals surface area contributed by atoms with E-state index in [1.807, 2.05) is 31.2 Å². The summed E-state index contributed by atoms with van der Waals surface area (Å²) in [5.74, 6) is 0. The average Bonchev–Trinajstić information content (AvgIpc) is 2.73. The van der Waals surface area contributed by atoms with Gasteiger partial charge in [-0.3, -0.25) is 0 Å². The van der Waals surface area contributed by atoms with E-state index >= 15 is 0 Å². The summed E-state index contributed by atoms with van der Waals surface area (Å²) in [6.45, 7) is 1.82. The molecule has 0 amide bonds. The van der Waals surface area contributed by atoms with Crippen LogP contribution >= 0.6 is 0 Å². The second kappa shape index (κ2) is 5.13. The van der Waals surface area contributed by atoms with Gasteiger partial charge in [0.1, 0.15) is 0 Å². The van der Waals surface area contributed by atoms with E-state index in [4.69, 9.17) is 0 Å². The molecular formula is C14H21NO3S. The van der Waals surface area contributed by atoms with Crippen molar-refractivity contribution in [3.8, 4) is 0 Å². The first-order chi connectivity index (χ1) is 8.87. The fourth-order valence-corrected chi connectivity index (χ4v) is 4.70. The first kappa shape index (κ1) is 14.3. The highest BCUT2D eigenvalue weighted by atomic mass is 32.2. The third-order valence-corrected chi connectivity index (χ3v) is 5.64. The normalized spacial score (nSPS) is 27.4. The van der Waals surface area contributed by atoms with Crippen LogP contribution in [0.4, 0.5) is 5.69 Å². The van der Waals surface area contributed by atoms with Crippen molar-refractivity contribution in [2.75, 3.05) is 18.2 Å². The lowest BCUT2D eigenvalue weighted by Gasteiger charge is -2.34. The molecular weight excluding hydrogens is 262 g/mol. The van der Waals surface area contributed by atoms with E-state index in [0.717, 1.165) is 17.7 Å². The van der Waals surface area contributed by atoms with Gasteiger partial charge in [-0.2, -0.15) is 0 Å². The molecule has 2 rings (SSSR count). The summed E-state index contributed by atoms with van der Waals surface area (Å²) < 4.78 is 23.8. The van der Waals surface area contributed by atoms with Crippen LogP contribution < -0.4 is 5.32 Å². The van der Waals surface area contributed by atoms with Crippen LogP contribution in [0, 0.1) is 6.92 Å². The number of benzene rings is 1. The summed E-state index contributed by atoms with van der Waals surface area (Å²) in [5.41, 5.74) is 1.22. The van der Waals surface area contributed by atoms with E-state index in [2.05, 4.69) is 5.32 Å². The SMILES string of the molecule is Cc1cccc(NC2(CO)CCCC2S(C)(=O)=O)c1. The van der Waals surface area contributed by atoms with Crippen LogP contribution in [0.25, 0.3) is 0 Å². The predicted octanol–water partition coefficient (Wildman–Crippen LogP) is 1.74. The maximum atomic E-state index is 11.9. The topological polar surface area (TPSA) is 66.4 Å². The Morgan fingerprint density at radius 3 is 2.79 bits per heavy atom. The minimum absolute atomic E-state index is 0.168. The van der Waals surface area contributed by atoms with Crippen molar-refractivity contribution in [2.45, 2.75) is 37.0 Å². The van der Waals surface area contributed by atoms with E-state index < -0.39 is 20.6 Å². The van der Waals surface area contributed by atoms with Gasteiger partial charge in [0.05, 0.1) is 17.4 Å². The summed E-state index contributed by atoms with van der Waals surface area (Å²) in [6.07, 6.45) is 3.36. The van der Waals surface area contributed by atoms with Crippen molar-refractivity contribution >= 4 is 15.5 Å². The maximum Gasteiger partial charge on any atom is 0.152 e. The summed E-state index contributed by atoms with van der Waals surface area (Å²) in [5, 5.41) is 12.5. The number of aryl methyl sites for hydroxylation is 1. The van der Waals surface area contributed by atoms with Crippen LogP contribution in [0.5, 0.6) is 0 Å². The molecule has 2 atom stereocenters. The highest BCUT2D eigenvalue weighted by Crippen LogP contribution is 2.37. The molecule has 4 nitrogen and oxygen atoms in total. The molecule has 1 aliphatic rings. The average molecular weight is 283 g/mol.